The Kier molecular flexibility index (Phi) is 4.13. The Bertz CT molecular complexity index is 741. The van der Waals surface area contributed by atoms with E-state index in [1.165, 1.54) is 0 Å². The third-order valence-corrected chi connectivity index (χ3v) is 5.57. The van der Waals surface area contributed by atoms with Crippen molar-refractivity contribution in [2.45, 2.75) is 50.0 Å². The molecule has 0 radical (unpaired) electrons. The van der Waals surface area contributed by atoms with Crippen molar-refractivity contribution < 1.29 is 19.1 Å². The highest BCUT2D eigenvalue weighted by atomic mass is 16.5. The zero-order chi connectivity index (χ0) is 17.4. The maximum absolute atomic E-state index is 13.0. The highest BCUT2D eigenvalue weighted by Crippen LogP contribution is 2.43. The van der Waals surface area contributed by atoms with Crippen molar-refractivity contribution in [3.8, 4) is 0 Å². The molecule has 134 valence electrons. The zero-order valence-electron chi connectivity index (χ0n) is 14.3. The average molecular weight is 345 g/mol. The number of aliphatic hydroxyl groups excluding tert-OH is 1. The normalized spacial score (nSPS) is 29.0. The summed E-state index contributed by atoms with van der Waals surface area (Å²) in [6.45, 7) is 1.11. The molecular formula is C18H23N3O4. The molecule has 1 amide bonds. The van der Waals surface area contributed by atoms with Crippen LogP contribution in [0.2, 0.25) is 0 Å². The predicted octanol–water partition coefficient (Wildman–Crippen LogP) is 1.67. The molecule has 0 spiro atoms. The first kappa shape index (κ1) is 16.4. The molecule has 0 bridgehead atoms. The van der Waals surface area contributed by atoms with Crippen LogP contribution in [-0.2, 0) is 11.3 Å². The summed E-state index contributed by atoms with van der Waals surface area (Å²) in [4.78, 5) is 14.8. The number of carbonyl (C=O) groups is 1. The Morgan fingerprint density at radius 2 is 2.36 bits per heavy atom. The molecule has 3 heterocycles. The number of hydrogen-bond acceptors (Lipinski definition) is 5. The van der Waals surface area contributed by atoms with Crippen LogP contribution < -0.4 is 0 Å². The lowest BCUT2D eigenvalue weighted by atomic mass is 9.79. The van der Waals surface area contributed by atoms with Gasteiger partial charge in [-0.2, -0.15) is 5.10 Å². The molecule has 1 aliphatic carbocycles. The third kappa shape index (κ3) is 2.87. The van der Waals surface area contributed by atoms with Crippen LogP contribution in [0.15, 0.2) is 35.0 Å². The second kappa shape index (κ2) is 6.31. The number of rotatable bonds is 4. The molecule has 0 unspecified atom stereocenters. The largest absolute Gasteiger partial charge is 0.454 e. The van der Waals surface area contributed by atoms with Crippen molar-refractivity contribution in [1.29, 1.82) is 0 Å². The first-order valence-electron chi connectivity index (χ1n) is 8.72. The molecule has 2 aliphatic rings. The van der Waals surface area contributed by atoms with Gasteiger partial charge in [-0.15, -0.1) is 0 Å². The molecule has 2 aromatic rings. The van der Waals surface area contributed by atoms with E-state index < -0.39 is 0 Å². The Balaban J connectivity index is 1.52. The molecule has 25 heavy (non-hydrogen) atoms. The zero-order valence-corrected chi connectivity index (χ0v) is 14.3. The lowest BCUT2D eigenvalue weighted by Crippen LogP contribution is -2.52. The van der Waals surface area contributed by atoms with Gasteiger partial charge in [0.25, 0.3) is 5.91 Å². The lowest BCUT2D eigenvalue weighted by molar-refractivity contribution is -0.0826. The number of amides is 1. The summed E-state index contributed by atoms with van der Waals surface area (Å²) >= 11 is 0. The molecular weight excluding hydrogens is 322 g/mol. The summed E-state index contributed by atoms with van der Waals surface area (Å²) < 4.78 is 13.3. The van der Waals surface area contributed by atoms with Gasteiger partial charge < -0.3 is 19.2 Å². The van der Waals surface area contributed by atoms with Gasteiger partial charge in [-0.25, -0.2) is 0 Å². The Morgan fingerprint density at radius 3 is 3.12 bits per heavy atom. The van der Waals surface area contributed by atoms with Gasteiger partial charge in [0.05, 0.1) is 24.3 Å². The van der Waals surface area contributed by atoms with Crippen molar-refractivity contribution in [3.05, 3.63) is 42.1 Å². The van der Waals surface area contributed by atoms with E-state index in [1.54, 1.807) is 24.1 Å². The Morgan fingerprint density at radius 1 is 1.48 bits per heavy atom. The number of aliphatic hydroxyl groups is 1. The second-order valence-corrected chi connectivity index (χ2v) is 6.93. The summed E-state index contributed by atoms with van der Waals surface area (Å²) in [5, 5.41) is 14.2. The van der Waals surface area contributed by atoms with Gasteiger partial charge in [-0.1, -0.05) is 0 Å². The predicted molar refractivity (Wildman–Crippen MR) is 89.1 cm³/mol. The number of furan rings is 1. The van der Waals surface area contributed by atoms with Gasteiger partial charge in [0.15, 0.2) is 5.76 Å². The minimum Gasteiger partial charge on any atom is -0.454 e. The van der Waals surface area contributed by atoms with E-state index in [0.717, 1.165) is 19.3 Å². The highest BCUT2D eigenvalue weighted by Gasteiger charge is 2.52. The molecule has 1 N–H and O–H groups in total. The van der Waals surface area contributed by atoms with Crippen LogP contribution in [0.1, 0.15) is 42.0 Å². The minimum absolute atomic E-state index is 0.103. The van der Waals surface area contributed by atoms with Crippen LogP contribution in [0.5, 0.6) is 0 Å². The van der Waals surface area contributed by atoms with Gasteiger partial charge in [0.1, 0.15) is 5.76 Å². The summed E-state index contributed by atoms with van der Waals surface area (Å²) in [5.41, 5.74) is -0.334. The number of nitrogens with zero attached hydrogens (tertiary/aromatic N) is 3. The molecule has 7 nitrogen and oxygen atoms in total. The van der Waals surface area contributed by atoms with Crippen molar-refractivity contribution in [2.75, 3.05) is 13.7 Å². The average Bonchev–Trinajstić information content (AvgIpc) is 3.34. The van der Waals surface area contributed by atoms with Gasteiger partial charge in [-0.3, -0.25) is 9.48 Å². The number of methoxy groups -OCH3 is 1. The molecule has 4 rings (SSSR count). The van der Waals surface area contributed by atoms with Crippen molar-refractivity contribution >= 4 is 5.91 Å². The molecule has 3 atom stereocenters. The van der Waals surface area contributed by atoms with E-state index in [1.807, 2.05) is 23.2 Å². The fraction of sp³-hybridized carbons (Fsp3) is 0.556. The molecule has 1 saturated carbocycles. The number of hydrogen-bond donors (Lipinski definition) is 1. The van der Waals surface area contributed by atoms with E-state index in [0.29, 0.717) is 31.0 Å². The SMILES string of the molecule is CO[C@]12CC[C@@H](O)C[C@H]1N(C(=O)c1ccc(Cn3cccn3)o1)CC2. The Labute approximate surface area is 146 Å². The van der Waals surface area contributed by atoms with E-state index in [4.69, 9.17) is 9.15 Å². The number of fused-ring (bicyclic) bond motifs is 1. The van der Waals surface area contributed by atoms with E-state index in [2.05, 4.69) is 5.10 Å². The monoisotopic (exact) mass is 345 g/mol. The van der Waals surface area contributed by atoms with Crippen LogP contribution in [-0.4, -0.2) is 57.1 Å². The molecule has 2 fully saturated rings. The Hall–Kier alpha value is -2.12. The maximum Gasteiger partial charge on any atom is 0.289 e. The fourth-order valence-corrected chi connectivity index (χ4v) is 4.19. The van der Waals surface area contributed by atoms with E-state index >= 15 is 0 Å². The highest BCUT2D eigenvalue weighted by molar-refractivity contribution is 5.92. The standard InChI is InChI=1S/C18H23N3O4/c1-24-18-6-5-13(22)11-16(18)21(10-7-18)17(23)15-4-3-14(25-15)12-20-9-2-8-19-20/h2-4,8-9,13,16,22H,5-7,10-12H2,1H3/t13-,16-,18+/m1/s1. The molecule has 1 saturated heterocycles. The van der Waals surface area contributed by atoms with Crippen LogP contribution >= 0.6 is 0 Å². The van der Waals surface area contributed by atoms with E-state index in [-0.39, 0.29) is 23.7 Å². The van der Waals surface area contributed by atoms with Crippen molar-refractivity contribution in [2.24, 2.45) is 0 Å². The van der Waals surface area contributed by atoms with Crippen LogP contribution in [0.3, 0.4) is 0 Å². The maximum atomic E-state index is 13.0. The van der Waals surface area contributed by atoms with Crippen LogP contribution in [0.4, 0.5) is 0 Å². The number of likely N-dealkylation sites (tertiary alicyclic amines) is 1. The molecule has 2 aromatic heterocycles. The quantitative estimate of drug-likeness (QED) is 0.912. The van der Waals surface area contributed by atoms with E-state index in [9.17, 15) is 9.90 Å². The summed E-state index contributed by atoms with van der Waals surface area (Å²) in [6.07, 6.45) is 6.03. The summed E-state index contributed by atoms with van der Waals surface area (Å²) in [5.74, 6) is 0.881. The van der Waals surface area contributed by atoms with Crippen LogP contribution in [0.25, 0.3) is 0 Å². The second-order valence-electron chi connectivity index (χ2n) is 6.93. The van der Waals surface area contributed by atoms with Gasteiger partial charge in [-0.05, 0) is 43.9 Å². The summed E-state index contributed by atoms with van der Waals surface area (Å²) in [7, 11) is 1.70. The number of aromatic nitrogens is 2. The lowest BCUT2D eigenvalue weighted by Gasteiger charge is -2.42. The van der Waals surface area contributed by atoms with Crippen molar-refractivity contribution in [3.63, 3.8) is 0 Å². The van der Waals surface area contributed by atoms with Gasteiger partial charge >= 0.3 is 0 Å². The number of ether oxygens (including phenoxy) is 1. The van der Waals surface area contributed by atoms with Crippen molar-refractivity contribution in [1.82, 2.24) is 14.7 Å². The first-order valence-corrected chi connectivity index (χ1v) is 8.72. The van der Waals surface area contributed by atoms with Gasteiger partial charge in [0, 0.05) is 26.0 Å². The third-order valence-electron chi connectivity index (χ3n) is 5.57. The summed E-state index contributed by atoms with van der Waals surface area (Å²) in [6, 6.07) is 5.27. The first-order chi connectivity index (χ1) is 12.1. The molecule has 0 aromatic carbocycles. The minimum atomic E-state index is -0.381. The van der Waals surface area contributed by atoms with Crippen LogP contribution in [0, 0.1) is 0 Å². The molecule has 1 aliphatic heterocycles. The van der Waals surface area contributed by atoms with Gasteiger partial charge in [0.2, 0.25) is 0 Å². The molecule has 7 heteroatoms. The smallest absolute Gasteiger partial charge is 0.289 e. The number of carbonyl (C=O) groups excluding carboxylic acids is 1. The fourth-order valence-electron chi connectivity index (χ4n) is 4.19. The topological polar surface area (TPSA) is 80.7 Å².